The van der Waals surface area contributed by atoms with E-state index >= 15 is 0 Å². The van der Waals surface area contributed by atoms with Gasteiger partial charge in [-0.25, -0.2) is 0 Å². The van der Waals surface area contributed by atoms with Crippen molar-refractivity contribution in [2.24, 2.45) is 0 Å². The van der Waals surface area contributed by atoms with Gasteiger partial charge in [0.2, 0.25) is 0 Å². The fourth-order valence-electron chi connectivity index (χ4n) is 1.40. The molecule has 1 nitrogen and oxygen atoms in total. The van der Waals surface area contributed by atoms with Crippen molar-refractivity contribution in [3.05, 3.63) is 70.7 Å². The second-order valence-corrected chi connectivity index (χ2v) is 5.79. The van der Waals surface area contributed by atoms with Crippen molar-refractivity contribution < 1.29 is 0 Å². The summed E-state index contributed by atoms with van der Waals surface area (Å²) in [5.41, 5.74) is 1.09. The van der Waals surface area contributed by atoms with Gasteiger partial charge in [-0.15, -0.1) is 0 Å². The number of allylic oxidation sites excluding steroid dienone is 1. The average Bonchev–Trinajstić information content (AvgIpc) is 2.40. The van der Waals surface area contributed by atoms with Crippen molar-refractivity contribution in [1.29, 1.82) is 5.26 Å². The van der Waals surface area contributed by atoms with Gasteiger partial charge in [0, 0.05) is 0 Å². The molecule has 0 atom stereocenters. The molecule has 17 heavy (non-hydrogen) atoms. The molecule has 0 aliphatic rings. The maximum atomic E-state index is 9.15. The molecule has 2 aromatic rings. The van der Waals surface area contributed by atoms with Gasteiger partial charge in [0.15, 0.2) is 0 Å². The van der Waals surface area contributed by atoms with Gasteiger partial charge in [0.25, 0.3) is 0 Å². The summed E-state index contributed by atoms with van der Waals surface area (Å²) in [7, 11) is 0. The molecule has 2 heteroatoms. The summed E-state index contributed by atoms with van der Waals surface area (Å²) < 4.78 is 2.07. The molecule has 0 fully saturated rings. The van der Waals surface area contributed by atoms with E-state index in [1.165, 1.54) is 4.46 Å². The van der Waals surface area contributed by atoms with Gasteiger partial charge in [-0.2, -0.15) is 0 Å². The van der Waals surface area contributed by atoms with Gasteiger partial charge in [-0.3, -0.25) is 0 Å². The number of hydrogen-bond acceptors (Lipinski definition) is 1. The Morgan fingerprint density at radius 3 is 2.12 bits per heavy atom. The molecule has 0 aliphatic heterocycles. The summed E-state index contributed by atoms with van der Waals surface area (Å²) in [6.45, 7) is 0. The first-order valence-corrected chi connectivity index (χ1v) is 6.99. The summed E-state index contributed by atoms with van der Waals surface area (Å²) in [6, 6.07) is 22.4. The number of rotatable bonds is 3. The van der Waals surface area contributed by atoms with E-state index in [1.54, 1.807) is 0 Å². The van der Waals surface area contributed by atoms with Crippen LogP contribution in [0.5, 0.6) is 0 Å². The molecule has 0 spiro atoms. The first-order chi connectivity index (χ1) is 8.38. The molecule has 0 saturated heterocycles. The fourth-order valence-corrected chi connectivity index (χ4v) is 3.05. The Bertz CT molecular complexity index is 538. The maximum absolute atomic E-state index is 9.15. The molecule has 0 aromatic heterocycles. The summed E-state index contributed by atoms with van der Waals surface area (Å²) in [5.74, 6) is 0. The second-order valence-electron chi connectivity index (χ2n) is 3.45. The van der Waals surface area contributed by atoms with E-state index in [1.807, 2.05) is 54.6 Å². The predicted molar refractivity (Wildman–Crippen MR) is 71.9 cm³/mol. The van der Waals surface area contributed by atoms with Gasteiger partial charge in [-0.05, 0) is 0 Å². The SMILES string of the molecule is N#C/C(=C/c1ccccc1)[Se]c1ccccc1. The van der Waals surface area contributed by atoms with Crippen LogP contribution < -0.4 is 4.46 Å². The van der Waals surface area contributed by atoms with Crippen LogP contribution in [0.3, 0.4) is 0 Å². The Morgan fingerprint density at radius 2 is 1.53 bits per heavy atom. The van der Waals surface area contributed by atoms with Gasteiger partial charge in [0.1, 0.15) is 0 Å². The van der Waals surface area contributed by atoms with Crippen molar-refractivity contribution in [2.45, 2.75) is 0 Å². The van der Waals surface area contributed by atoms with Crippen LogP contribution in [-0.4, -0.2) is 15.0 Å². The molecule has 0 amide bonds. The van der Waals surface area contributed by atoms with Crippen molar-refractivity contribution in [1.82, 2.24) is 0 Å². The molecular weight excluding hydrogens is 273 g/mol. The zero-order valence-corrected chi connectivity index (χ0v) is 10.9. The number of benzene rings is 2. The zero-order valence-electron chi connectivity index (χ0n) is 9.21. The Labute approximate surface area is 108 Å². The molecule has 0 aliphatic carbocycles. The quantitative estimate of drug-likeness (QED) is 0.628. The Kier molecular flexibility index (Phi) is 4.16. The van der Waals surface area contributed by atoms with Gasteiger partial charge in [-0.1, -0.05) is 0 Å². The molecule has 82 valence electrons. The van der Waals surface area contributed by atoms with E-state index in [4.69, 9.17) is 5.26 Å². The molecule has 0 N–H and O–H groups in total. The number of nitriles is 1. The summed E-state index contributed by atoms with van der Waals surface area (Å²) >= 11 is 0.0891. The van der Waals surface area contributed by atoms with Crippen molar-refractivity contribution in [2.75, 3.05) is 0 Å². The van der Waals surface area contributed by atoms with Crippen LogP contribution in [0.25, 0.3) is 6.08 Å². The first-order valence-electron chi connectivity index (χ1n) is 5.28. The third kappa shape index (κ3) is 3.60. The van der Waals surface area contributed by atoms with Crippen LogP contribution in [0.1, 0.15) is 5.56 Å². The van der Waals surface area contributed by atoms with Crippen molar-refractivity contribution in [3.63, 3.8) is 0 Å². The first kappa shape index (κ1) is 11.7. The fraction of sp³-hybridized carbons (Fsp3) is 0. The standard InChI is InChI=1S/C15H11NSe/c16-12-15(11-13-7-3-1-4-8-13)17-14-9-5-2-6-10-14/h1-11H/b15-11-. The third-order valence-corrected chi connectivity index (χ3v) is 4.14. The molecule has 0 radical (unpaired) electrons. The number of nitrogens with zero attached hydrogens (tertiary/aromatic N) is 1. The molecule has 0 bridgehead atoms. The van der Waals surface area contributed by atoms with Gasteiger partial charge in [0.05, 0.1) is 0 Å². The van der Waals surface area contributed by atoms with Crippen LogP contribution in [0, 0.1) is 11.3 Å². The Balaban J connectivity index is 2.19. The van der Waals surface area contributed by atoms with E-state index in [-0.39, 0.29) is 15.0 Å². The Morgan fingerprint density at radius 1 is 0.941 bits per heavy atom. The van der Waals surface area contributed by atoms with E-state index in [9.17, 15) is 0 Å². The molecule has 2 rings (SSSR count). The van der Waals surface area contributed by atoms with E-state index in [2.05, 4.69) is 18.2 Å². The molecule has 0 saturated carbocycles. The van der Waals surface area contributed by atoms with E-state index in [0.717, 1.165) is 10.0 Å². The second kappa shape index (κ2) is 6.06. The monoisotopic (exact) mass is 285 g/mol. The van der Waals surface area contributed by atoms with E-state index < -0.39 is 0 Å². The van der Waals surface area contributed by atoms with Crippen molar-refractivity contribution >= 4 is 25.5 Å². The topological polar surface area (TPSA) is 23.8 Å². The van der Waals surface area contributed by atoms with Gasteiger partial charge >= 0.3 is 108 Å². The molecule has 0 heterocycles. The van der Waals surface area contributed by atoms with Crippen molar-refractivity contribution in [3.8, 4) is 6.07 Å². The zero-order chi connectivity index (χ0) is 11.9. The Hall–Kier alpha value is -1.81. The molecule has 2 aromatic carbocycles. The van der Waals surface area contributed by atoms with Crippen LogP contribution in [0.2, 0.25) is 0 Å². The third-order valence-electron chi connectivity index (χ3n) is 2.18. The van der Waals surface area contributed by atoms with E-state index in [0.29, 0.717) is 0 Å². The van der Waals surface area contributed by atoms with Gasteiger partial charge < -0.3 is 0 Å². The molecular formula is C15H11NSe. The predicted octanol–water partition coefficient (Wildman–Crippen LogP) is 2.58. The summed E-state index contributed by atoms with van der Waals surface area (Å²) in [4.78, 5) is 0. The number of hydrogen-bond donors (Lipinski definition) is 0. The molecule has 0 unspecified atom stereocenters. The summed E-state index contributed by atoms with van der Waals surface area (Å²) in [6.07, 6.45) is 1.97. The summed E-state index contributed by atoms with van der Waals surface area (Å²) in [5, 5.41) is 9.15. The van der Waals surface area contributed by atoms with Crippen LogP contribution in [0.15, 0.2) is 65.1 Å². The van der Waals surface area contributed by atoms with Crippen LogP contribution in [-0.2, 0) is 0 Å². The normalized spacial score (nSPS) is 10.9. The van der Waals surface area contributed by atoms with Crippen LogP contribution >= 0.6 is 0 Å². The minimum atomic E-state index is 0.0891. The minimum absolute atomic E-state index is 0.0891. The average molecular weight is 284 g/mol. The van der Waals surface area contributed by atoms with Crippen LogP contribution in [0.4, 0.5) is 0 Å².